The molecule has 0 aromatic heterocycles. The van der Waals surface area contributed by atoms with Crippen LogP contribution in [0.25, 0.3) is 0 Å². The van der Waals surface area contributed by atoms with E-state index in [2.05, 4.69) is 12.2 Å². The third-order valence-electron chi connectivity index (χ3n) is 3.79. The Labute approximate surface area is 114 Å². The molecule has 0 spiro atoms. The maximum absolute atomic E-state index is 13.3. The van der Waals surface area contributed by atoms with Gasteiger partial charge in [-0.05, 0) is 48.9 Å². The second-order valence-corrected chi connectivity index (χ2v) is 5.92. The SMILES string of the molecule is CC1CCCC(CNCc2ccc(Cl)c(F)c2)C1. The van der Waals surface area contributed by atoms with Gasteiger partial charge in [-0.25, -0.2) is 4.39 Å². The Balaban J connectivity index is 1.76. The fourth-order valence-corrected chi connectivity index (χ4v) is 2.93. The van der Waals surface area contributed by atoms with E-state index in [1.54, 1.807) is 6.07 Å². The number of benzene rings is 1. The van der Waals surface area contributed by atoms with Gasteiger partial charge in [0.25, 0.3) is 0 Å². The van der Waals surface area contributed by atoms with Gasteiger partial charge in [-0.15, -0.1) is 0 Å². The number of nitrogens with one attached hydrogen (secondary N) is 1. The van der Waals surface area contributed by atoms with Crippen molar-refractivity contribution in [2.45, 2.75) is 39.2 Å². The first-order valence-electron chi connectivity index (χ1n) is 6.80. The zero-order valence-electron chi connectivity index (χ0n) is 10.9. The van der Waals surface area contributed by atoms with Gasteiger partial charge in [0, 0.05) is 6.54 Å². The van der Waals surface area contributed by atoms with Crippen LogP contribution in [0.15, 0.2) is 18.2 Å². The quantitative estimate of drug-likeness (QED) is 0.855. The molecule has 0 bridgehead atoms. The first kappa shape index (κ1) is 13.8. The van der Waals surface area contributed by atoms with Crippen LogP contribution in [0.5, 0.6) is 0 Å². The molecule has 2 rings (SSSR count). The summed E-state index contributed by atoms with van der Waals surface area (Å²) in [5.41, 5.74) is 0.959. The summed E-state index contributed by atoms with van der Waals surface area (Å²) in [7, 11) is 0. The molecular weight excluding hydrogens is 249 g/mol. The van der Waals surface area contributed by atoms with Crippen LogP contribution in [0.1, 0.15) is 38.2 Å². The highest BCUT2D eigenvalue weighted by molar-refractivity contribution is 6.30. The average molecular weight is 270 g/mol. The van der Waals surface area contributed by atoms with E-state index in [4.69, 9.17) is 11.6 Å². The molecule has 1 aromatic rings. The maximum atomic E-state index is 13.3. The van der Waals surface area contributed by atoms with Gasteiger partial charge >= 0.3 is 0 Å². The molecule has 0 aliphatic heterocycles. The average Bonchev–Trinajstić information content (AvgIpc) is 2.34. The molecule has 2 atom stereocenters. The van der Waals surface area contributed by atoms with Crippen molar-refractivity contribution in [2.75, 3.05) is 6.54 Å². The Morgan fingerprint density at radius 1 is 1.39 bits per heavy atom. The smallest absolute Gasteiger partial charge is 0.142 e. The van der Waals surface area contributed by atoms with E-state index in [-0.39, 0.29) is 10.8 Å². The molecule has 0 amide bonds. The van der Waals surface area contributed by atoms with Crippen LogP contribution in [0.4, 0.5) is 4.39 Å². The van der Waals surface area contributed by atoms with Crippen molar-refractivity contribution >= 4 is 11.6 Å². The van der Waals surface area contributed by atoms with Crippen molar-refractivity contribution in [1.82, 2.24) is 5.32 Å². The molecule has 18 heavy (non-hydrogen) atoms. The second-order valence-electron chi connectivity index (χ2n) is 5.52. The lowest BCUT2D eigenvalue weighted by Crippen LogP contribution is -2.26. The van der Waals surface area contributed by atoms with Crippen molar-refractivity contribution < 1.29 is 4.39 Å². The molecule has 1 fully saturated rings. The van der Waals surface area contributed by atoms with Crippen LogP contribution in [-0.4, -0.2) is 6.54 Å². The van der Waals surface area contributed by atoms with Gasteiger partial charge in [0.15, 0.2) is 0 Å². The lowest BCUT2D eigenvalue weighted by atomic mass is 9.82. The highest BCUT2D eigenvalue weighted by Gasteiger charge is 2.18. The molecule has 0 heterocycles. The summed E-state index contributed by atoms with van der Waals surface area (Å²) in [6, 6.07) is 5.01. The first-order chi connectivity index (χ1) is 8.65. The molecular formula is C15H21ClFN. The lowest BCUT2D eigenvalue weighted by molar-refractivity contribution is 0.274. The zero-order chi connectivity index (χ0) is 13.0. The Bertz CT molecular complexity index is 394. The van der Waals surface area contributed by atoms with E-state index in [0.29, 0.717) is 0 Å². The summed E-state index contributed by atoms with van der Waals surface area (Å²) in [5, 5.41) is 3.62. The standard InChI is InChI=1S/C15H21ClFN/c1-11-3-2-4-12(7-11)9-18-10-13-5-6-14(16)15(17)8-13/h5-6,8,11-12,18H,2-4,7,9-10H2,1H3. The third-order valence-corrected chi connectivity index (χ3v) is 4.10. The largest absolute Gasteiger partial charge is 0.312 e. The monoisotopic (exact) mass is 269 g/mol. The second kappa shape index (κ2) is 6.53. The summed E-state index contributed by atoms with van der Waals surface area (Å²) in [5.74, 6) is 1.31. The van der Waals surface area contributed by atoms with Crippen LogP contribution in [0.2, 0.25) is 5.02 Å². The topological polar surface area (TPSA) is 12.0 Å². The van der Waals surface area contributed by atoms with E-state index < -0.39 is 0 Å². The summed E-state index contributed by atoms with van der Waals surface area (Å²) in [4.78, 5) is 0. The summed E-state index contributed by atoms with van der Waals surface area (Å²) >= 11 is 5.66. The minimum atomic E-state index is -0.331. The van der Waals surface area contributed by atoms with E-state index in [0.717, 1.165) is 30.5 Å². The molecule has 1 aliphatic rings. The Kier molecular flexibility index (Phi) is 5.02. The minimum Gasteiger partial charge on any atom is -0.312 e. The van der Waals surface area contributed by atoms with Crippen molar-refractivity contribution in [1.29, 1.82) is 0 Å². The molecule has 0 saturated heterocycles. The zero-order valence-corrected chi connectivity index (χ0v) is 11.6. The molecule has 100 valence electrons. The van der Waals surface area contributed by atoms with E-state index in [9.17, 15) is 4.39 Å². The predicted molar refractivity (Wildman–Crippen MR) is 74.2 cm³/mol. The Morgan fingerprint density at radius 3 is 2.94 bits per heavy atom. The normalized spacial score (nSPS) is 24.2. The minimum absolute atomic E-state index is 0.194. The highest BCUT2D eigenvalue weighted by atomic mass is 35.5. The fraction of sp³-hybridized carbons (Fsp3) is 0.600. The molecule has 1 N–H and O–H groups in total. The van der Waals surface area contributed by atoms with Gasteiger partial charge in [-0.2, -0.15) is 0 Å². The lowest BCUT2D eigenvalue weighted by Gasteiger charge is -2.26. The molecule has 0 radical (unpaired) electrons. The van der Waals surface area contributed by atoms with Gasteiger partial charge in [-0.1, -0.05) is 37.4 Å². The van der Waals surface area contributed by atoms with Crippen molar-refractivity contribution in [2.24, 2.45) is 11.8 Å². The van der Waals surface area contributed by atoms with Crippen molar-refractivity contribution in [3.05, 3.63) is 34.6 Å². The Morgan fingerprint density at radius 2 is 2.22 bits per heavy atom. The fourth-order valence-electron chi connectivity index (χ4n) is 2.82. The molecule has 1 aromatic carbocycles. The predicted octanol–water partition coefficient (Wildman–Crippen LogP) is 4.40. The molecule has 3 heteroatoms. The summed E-state index contributed by atoms with van der Waals surface area (Å²) in [6.07, 6.45) is 5.37. The van der Waals surface area contributed by atoms with Gasteiger partial charge < -0.3 is 5.32 Å². The van der Waals surface area contributed by atoms with Gasteiger partial charge in [0.1, 0.15) is 5.82 Å². The van der Waals surface area contributed by atoms with E-state index in [1.165, 1.54) is 31.7 Å². The summed E-state index contributed by atoms with van der Waals surface area (Å²) in [6.45, 7) is 4.09. The maximum Gasteiger partial charge on any atom is 0.142 e. The van der Waals surface area contributed by atoms with Crippen molar-refractivity contribution in [3.63, 3.8) is 0 Å². The summed E-state index contributed by atoms with van der Waals surface area (Å²) < 4.78 is 13.3. The van der Waals surface area contributed by atoms with E-state index >= 15 is 0 Å². The molecule has 2 unspecified atom stereocenters. The van der Waals surface area contributed by atoms with E-state index in [1.807, 2.05) is 6.07 Å². The molecule has 1 nitrogen and oxygen atoms in total. The van der Waals surface area contributed by atoms with Crippen LogP contribution in [-0.2, 0) is 6.54 Å². The Hall–Kier alpha value is -0.600. The molecule has 1 aliphatic carbocycles. The number of hydrogen-bond acceptors (Lipinski definition) is 1. The van der Waals surface area contributed by atoms with Gasteiger partial charge in [0.2, 0.25) is 0 Å². The molecule has 1 saturated carbocycles. The van der Waals surface area contributed by atoms with Crippen molar-refractivity contribution in [3.8, 4) is 0 Å². The van der Waals surface area contributed by atoms with Crippen LogP contribution in [0.3, 0.4) is 0 Å². The number of rotatable bonds is 4. The van der Waals surface area contributed by atoms with Gasteiger partial charge in [-0.3, -0.25) is 0 Å². The third kappa shape index (κ3) is 3.96. The first-order valence-corrected chi connectivity index (χ1v) is 7.17. The van der Waals surface area contributed by atoms with Crippen LogP contribution in [0, 0.1) is 17.7 Å². The number of hydrogen-bond donors (Lipinski definition) is 1. The number of halogens is 2. The van der Waals surface area contributed by atoms with Crippen LogP contribution >= 0.6 is 11.6 Å². The van der Waals surface area contributed by atoms with Gasteiger partial charge in [0.05, 0.1) is 5.02 Å². The van der Waals surface area contributed by atoms with Crippen LogP contribution < -0.4 is 5.32 Å². The highest BCUT2D eigenvalue weighted by Crippen LogP contribution is 2.28.